The molecule has 0 saturated heterocycles. The topological polar surface area (TPSA) is 0 Å². The van der Waals surface area contributed by atoms with Crippen LogP contribution < -0.4 is 0 Å². The molecule has 0 heterocycles. The molecule has 0 radical (unpaired) electrons. The van der Waals surface area contributed by atoms with Gasteiger partial charge in [0.1, 0.15) is 0 Å². The van der Waals surface area contributed by atoms with Gasteiger partial charge < -0.3 is 0 Å². The van der Waals surface area contributed by atoms with E-state index < -0.39 is 0 Å². The number of benzene rings is 2. The lowest BCUT2D eigenvalue weighted by Gasteiger charge is -2.12. The Hall–Kier alpha value is -1.56. The number of fused-ring (bicyclic) bond motifs is 3. The molecule has 86 valence electrons. The molecule has 0 atom stereocenters. The predicted octanol–water partition coefficient (Wildman–Crippen LogP) is 4.49. The van der Waals surface area contributed by atoms with Crippen molar-refractivity contribution in [2.24, 2.45) is 0 Å². The molecule has 0 unspecified atom stereocenters. The van der Waals surface area contributed by atoms with E-state index >= 15 is 0 Å². The Bertz CT molecular complexity index is 618. The average Bonchev–Trinajstić information content (AvgIpc) is 2.66. The normalized spacial score (nSPS) is 12.5. The third-order valence-corrected chi connectivity index (χ3v) is 4.29. The van der Waals surface area contributed by atoms with Gasteiger partial charge in [0.2, 0.25) is 0 Å². The molecule has 2 aromatic rings. The van der Waals surface area contributed by atoms with E-state index in [2.05, 4.69) is 52.0 Å². The molecule has 1 aliphatic rings. The number of hydrogen-bond acceptors (Lipinski definition) is 0. The fraction of sp³-hybridized carbons (Fsp3) is 0.294. The summed E-state index contributed by atoms with van der Waals surface area (Å²) in [6, 6.07) is 9.05. The lowest BCUT2D eigenvalue weighted by molar-refractivity contribution is 1.19. The Labute approximate surface area is 103 Å². The van der Waals surface area contributed by atoms with Crippen LogP contribution in [0.25, 0.3) is 11.1 Å². The van der Waals surface area contributed by atoms with Crippen LogP contribution in [0.4, 0.5) is 0 Å². The average molecular weight is 222 g/mol. The van der Waals surface area contributed by atoms with Gasteiger partial charge in [0.05, 0.1) is 0 Å². The molecule has 0 aliphatic heterocycles. The Morgan fingerprint density at radius 3 is 2.41 bits per heavy atom. The first kappa shape index (κ1) is 10.6. The molecule has 2 aromatic carbocycles. The fourth-order valence-corrected chi connectivity index (χ4v) is 3.04. The molecule has 0 N–H and O–H groups in total. The summed E-state index contributed by atoms with van der Waals surface area (Å²) in [6.45, 7) is 8.94. The van der Waals surface area contributed by atoms with E-state index in [0.29, 0.717) is 0 Å². The van der Waals surface area contributed by atoms with Gasteiger partial charge in [0.25, 0.3) is 0 Å². The maximum Gasteiger partial charge on any atom is -0.00106 e. The quantitative estimate of drug-likeness (QED) is 0.525. The van der Waals surface area contributed by atoms with Gasteiger partial charge >= 0.3 is 0 Å². The molecule has 1 aliphatic carbocycles. The molecule has 0 aromatic heterocycles. The van der Waals surface area contributed by atoms with E-state index in [-0.39, 0.29) is 0 Å². The summed E-state index contributed by atoms with van der Waals surface area (Å²) >= 11 is 0. The molecule has 0 nitrogen and oxygen atoms in total. The Balaban J connectivity index is 2.37. The minimum atomic E-state index is 1.11. The molecule has 0 spiro atoms. The van der Waals surface area contributed by atoms with Crippen molar-refractivity contribution in [3.63, 3.8) is 0 Å². The molecule has 0 fully saturated rings. The third kappa shape index (κ3) is 1.37. The fourth-order valence-electron chi connectivity index (χ4n) is 3.04. The summed E-state index contributed by atoms with van der Waals surface area (Å²) in [5, 5.41) is 0. The SMILES string of the molecule is Cc1cc2c(c(C)c1C)-c1cccc(C)c1C2. The summed E-state index contributed by atoms with van der Waals surface area (Å²) < 4.78 is 0. The van der Waals surface area contributed by atoms with Gasteiger partial charge in [-0.15, -0.1) is 0 Å². The highest BCUT2D eigenvalue weighted by Crippen LogP contribution is 2.41. The maximum atomic E-state index is 2.37. The molecule has 0 saturated carbocycles. The van der Waals surface area contributed by atoms with Crippen molar-refractivity contribution < 1.29 is 0 Å². The second kappa shape index (κ2) is 3.46. The smallest absolute Gasteiger partial charge is 0.00106 e. The minimum Gasteiger partial charge on any atom is -0.0614 e. The van der Waals surface area contributed by atoms with Crippen LogP contribution in [-0.4, -0.2) is 0 Å². The van der Waals surface area contributed by atoms with Gasteiger partial charge in [0, 0.05) is 0 Å². The largest absolute Gasteiger partial charge is 0.0614 e. The molecular formula is C17H18. The number of aryl methyl sites for hydroxylation is 2. The second-order valence-corrected chi connectivity index (χ2v) is 5.26. The van der Waals surface area contributed by atoms with E-state index in [1.54, 1.807) is 0 Å². The van der Waals surface area contributed by atoms with Crippen LogP contribution >= 0.6 is 0 Å². The molecular weight excluding hydrogens is 204 g/mol. The van der Waals surface area contributed by atoms with E-state index in [0.717, 1.165) is 6.42 Å². The first-order valence-electron chi connectivity index (χ1n) is 6.28. The van der Waals surface area contributed by atoms with Gasteiger partial charge in [-0.25, -0.2) is 0 Å². The van der Waals surface area contributed by atoms with Crippen molar-refractivity contribution in [3.8, 4) is 11.1 Å². The van der Waals surface area contributed by atoms with Crippen molar-refractivity contribution in [3.05, 3.63) is 57.6 Å². The lowest BCUT2D eigenvalue weighted by atomic mass is 9.93. The van der Waals surface area contributed by atoms with Crippen molar-refractivity contribution in [1.29, 1.82) is 0 Å². The van der Waals surface area contributed by atoms with E-state index in [9.17, 15) is 0 Å². The number of rotatable bonds is 0. The Morgan fingerprint density at radius 2 is 1.65 bits per heavy atom. The lowest BCUT2D eigenvalue weighted by Crippen LogP contribution is -1.92. The van der Waals surface area contributed by atoms with Crippen molar-refractivity contribution >= 4 is 0 Å². The molecule has 0 heteroatoms. The van der Waals surface area contributed by atoms with Crippen LogP contribution in [0.1, 0.15) is 33.4 Å². The first-order valence-corrected chi connectivity index (χ1v) is 6.28. The standard InChI is InChI=1S/C17H18/c1-10-6-5-7-15-16(10)9-14-8-11(2)12(3)13(4)17(14)15/h5-8H,9H2,1-4H3. The summed E-state index contributed by atoms with van der Waals surface area (Å²) in [5.74, 6) is 0. The van der Waals surface area contributed by atoms with Crippen LogP contribution in [0.2, 0.25) is 0 Å². The van der Waals surface area contributed by atoms with Gasteiger partial charge in [-0.1, -0.05) is 24.3 Å². The predicted molar refractivity (Wildman–Crippen MR) is 73.6 cm³/mol. The minimum absolute atomic E-state index is 1.11. The van der Waals surface area contributed by atoms with Crippen molar-refractivity contribution in [2.45, 2.75) is 34.1 Å². The molecule has 0 bridgehead atoms. The van der Waals surface area contributed by atoms with E-state index in [4.69, 9.17) is 0 Å². The van der Waals surface area contributed by atoms with Crippen LogP contribution in [-0.2, 0) is 6.42 Å². The van der Waals surface area contributed by atoms with Crippen molar-refractivity contribution in [2.75, 3.05) is 0 Å². The summed E-state index contributed by atoms with van der Waals surface area (Å²) in [6.07, 6.45) is 1.11. The van der Waals surface area contributed by atoms with Crippen LogP contribution in [0.3, 0.4) is 0 Å². The molecule has 0 amide bonds. The van der Waals surface area contributed by atoms with Crippen LogP contribution in [0, 0.1) is 27.7 Å². The Morgan fingerprint density at radius 1 is 0.882 bits per heavy atom. The zero-order chi connectivity index (χ0) is 12.2. The molecule has 17 heavy (non-hydrogen) atoms. The van der Waals surface area contributed by atoms with Gasteiger partial charge in [0.15, 0.2) is 0 Å². The number of hydrogen-bond donors (Lipinski definition) is 0. The zero-order valence-electron chi connectivity index (χ0n) is 11.0. The highest BCUT2D eigenvalue weighted by atomic mass is 14.3. The van der Waals surface area contributed by atoms with E-state index in [1.165, 1.54) is 44.5 Å². The summed E-state index contributed by atoms with van der Waals surface area (Å²) in [7, 11) is 0. The highest BCUT2D eigenvalue weighted by molar-refractivity contribution is 5.81. The second-order valence-electron chi connectivity index (χ2n) is 5.26. The van der Waals surface area contributed by atoms with Gasteiger partial charge in [-0.05, 0) is 78.6 Å². The van der Waals surface area contributed by atoms with Gasteiger partial charge in [-0.3, -0.25) is 0 Å². The van der Waals surface area contributed by atoms with Crippen LogP contribution in [0.5, 0.6) is 0 Å². The summed E-state index contributed by atoms with van der Waals surface area (Å²) in [5.41, 5.74) is 11.7. The highest BCUT2D eigenvalue weighted by Gasteiger charge is 2.22. The van der Waals surface area contributed by atoms with E-state index in [1.807, 2.05) is 0 Å². The first-order chi connectivity index (χ1) is 8.09. The zero-order valence-corrected chi connectivity index (χ0v) is 11.0. The third-order valence-electron chi connectivity index (χ3n) is 4.29. The monoisotopic (exact) mass is 222 g/mol. The summed E-state index contributed by atoms with van der Waals surface area (Å²) in [4.78, 5) is 0. The van der Waals surface area contributed by atoms with Gasteiger partial charge in [-0.2, -0.15) is 0 Å². The van der Waals surface area contributed by atoms with Crippen LogP contribution in [0.15, 0.2) is 24.3 Å². The Kier molecular flexibility index (Phi) is 2.16. The van der Waals surface area contributed by atoms with Crippen molar-refractivity contribution in [1.82, 2.24) is 0 Å². The molecule has 3 rings (SSSR count). The maximum absolute atomic E-state index is 2.37.